The summed E-state index contributed by atoms with van der Waals surface area (Å²) in [7, 11) is 0. The van der Waals surface area contributed by atoms with Crippen molar-refractivity contribution in [2.45, 2.75) is 26.2 Å². The van der Waals surface area contributed by atoms with Crippen molar-refractivity contribution in [2.75, 3.05) is 26.3 Å². The third-order valence-corrected chi connectivity index (χ3v) is 3.93. The highest BCUT2D eigenvalue weighted by molar-refractivity contribution is 5.55. The van der Waals surface area contributed by atoms with Gasteiger partial charge in [0.05, 0.1) is 0 Å². The molecule has 3 heteroatoms. The normalized spacial score (nSPS) is 22.8. The Morgan fingerprint density at radius 2 is 2.00 bits per heavy atom. The maximum Gasteiger partial charge on any atom is 0.164 e. The molecule has 1 saturated heterocycles. The Bertz CT molecular complexity index is 436. The van der Waals surface area contributed by atoms with Gasteiger partial charge in [0.15, 0.2) is 11.5 Å². The van der Waals surface area contributed by atoms with Crippen molar-refractivity contribution in [1.82, 2.24) is 5.32 Å². The van der Waals surface area contributed by atoms with Crippen LogP contribution < -0.4 is 14.8 Å². The van der Waals surface area contributed by atoms with Gasteiger partial charge in [0.2, 0.25) is 0 Å². The molecule has 0 aromatic heterocycles. The molecule has 0 spiro atoms. The Morgan fingerprint density at radius 3 is 2.76 bits per heavy atom. The van der Waals surface area contributed by atoms with Gasteiger partial charge in [-0.1, -0.05) is 0 Å². The summed E-state index contributed by atoms with van der Waals surface area (Å²) in [6.07, 6.45) is 1.22. The minimum Gasteiger partial charge on any atom is -0.486 e. The second-order valence-corrected chi connectivity index (χ2v) is 4.93. The first-order chi connectivity index (χ1) is 8.27. The van der Waals surface area contributed by atoms with Crippen LogP contribution in [0.3, 0.4) is 0 Å². The Morgan fingerprint density at radius 1 is 1.18 bits per heavy atom. The van der Waals surface area contributed by atoms with Crippen molar-refractivity contribution < 1.29 is 9.47 Å². The summed E-state index contributed by atoms with van der Waals surface area (Å²) >= 11 is 0. The maximum atomic E-state index is 5.71. The molecule has 1 unspecified atom stereocenters. The van der Waals surface area contributed by atoms with E-state index in [4.69, 9.17) is 9.47 Å². The predicted molar refractivity (Wildman–Crippen MR) is 67.1 cm³/mol. The molecule has 3 rings (SSSR count). The summed E-state index contributed by atoms with van der Waals surface area (Å²) in [5.41, 5.74) is 4.03. The highest BCUT2D eigenvalue weighted by Gasteiger charge is 2.24. The summed E-state index contributed by atoms with van der Waals surface area (Å²) < 4.78 is 11.4. The Labute approximate surface area is 102 Å². The van der Waals surface area contributed by atoms with Crippen molar-refractivity contribution >= 4 is 0 Å². The first-order valence-electron chi connectivity index (χ1n) is 6.38. The van der Waals surface area contributed by atoms with Gasteiger partial charge in [-0.3, -0.25) is 0 Å². The number of hydrogen-bond acceptors (Lipinski definition) is 3. The van der Waals surface area contributed by atoms with Gasteiger partial charge in [0.25, 0.3) is 0 Å². The van der Waals surface area contributed by atoms with E-state index in [-0.39, 0.29) is 0 Å². The number of ether oxygens (including phenoxy) is 2. The van der Waals surface area contributed by atoms with E-state index in [1.54, 1.807) is 0 Å². The lowest BCUT2D eigenvalue weighted by Gasteiger charge is -2.24. The van der Waals surface area contributed by atoms with Gasteiger partial charge in [-0.05, 0) is 55.5 Å². The first kappa shape index (κ1) is 10.9. The lowest BCUT2D eigenvalue weighted by atomic mass is 9.90. The number of benzene rings is 1. The molecule has 2 heterocycles. The first-order valence-corrected chi connectivity index (χ1v) is 6.38. The van der Waals surface area contributed by atoms with Crippen LogP contribution >= 0.6 is 0 Å². The van der Waals surface area contributed by atoms with E-state index in [1.807, 2.05) is 0 Å². The van der Waals surface area contributed by atoms with Gasteiger partial charge >= 0.3 is 0 Å². The molecule has 0 aliphatic carbocycles. The summed E-state index contributed by atoms with van der Waals surface area (Å²) in [5, 5.41) is 3.43. The topological polar surface area (TPSA) is 30.5 Å². The average molecular weight is 233 g/mol. The SMILES string of the molecule is Cc1c(C2CCNC2)cc2c(c1C)OCCO2. The van der Waals surface area contributed by atoms with Gasteiger partial charge in [-0.2, -0.15) is 0 Å². The van der Waals surface area contributed by atoms with E-state index in [9.17, 15) is 0 Å². The number of rotatable bonds is 1. The van der Waals surface area contributed by atoms with Crippen molar-refractivity contribution in [3.05, 3.63) is 22.8 Å². The molecule has 3 nitrogen and oxygen atoms in total. The van der Waals surface area contributed by atoms with Gasteiger partial charge in [0.1, 0.15) is 13.2 Å². The minimum atomic E-state index is 0.629. The fraction of sp³-hybridized carbons (Fsp3) is 0.571. The third-order valence-electron chi connectivity index (χ3n) is 3.93. The monoisotopic (exact) mass is 233 g/mol. The fourth-order valence-electron chi connectivity index (χ4n) is 2.81. The van der Waals surface area contributed by atoms with Crippen LogP contribution in [-0.4, -0.2) is 26.3 Å². The van der Waals surface area contributed by atoms with E-state index in [0.29, 0.717) is 19.1 Å². The van der Waals surface area contributed by atoms with Crippen LogP contribution in [0.1, 0.15) is 29.0 Å². The maximum absolute atomic E-state index is 5.71. The number of fused-ring (bicyclic) bond motifs is 1. The highest BCUT2D eigenvalue weighted by atomic mass is 16.6. The molecular weight excluding hydrogens is 214 g/mol. The van der Waals surface area contributed by atoms with Gasteiger partial charge < -0.3 is 14.8 Å². The van der Waals surface area contributed by atoms with Crippen LogP contribution in [0.5, 0.6) is 11.5 Å². The number of hydrogen-bond donors (Lipinski definition) is 1. The lowest BCUT2D eigenvalue weighted by molar-refractivity contribution is 0.170. The second-order valence-electron chi connectivity index (χ2n) is 4.93. The minimum absolute atomic E-state index is 0.629. The van der Waals surface area contributed by atoms with Crippen molar-refractivity contribution in [3.8, 4) is 11.5 Å². The van der Waals surface area contributed by atoms with Crippen LogP contribution in [0.2, 0.25) is 0 Å². The van der Waals surface area contributed by atoms with Crippen molar-refractivity contribution in [1.29, 1.82) is 0 Å². The largest absolute Gasteiger partial charge is 0.486 e. The third kappa shape index (κ3) is 1.78. The highest BCUT2D eigenvalue weighted by Crippen LogP contribution is 2.40. The zero-order valence-electron chi connectivity index (χ0n) is 10.5. The zero-order valence-corrected chi connectivity index (χ0v) is 10.5. The Kier molecular flexibility index (Phi) is 2.71. The van der Waals surface area contributed by atoms with Crippen molar-refractivity contribution in [2.24, 2.45) is 0 Å². The smallest absolute Gasteiger partial charge is 0.164 e. The van der Waals surface area contributed by atoms with Crippen LogP contribution in [-0.2, 0) is 0 Å². The van der Waals surface area contributed by atoms with Gasteiger partial charge in [-0.25, -0.2) is 0 Å². The van der Waals surface area contributed by atoms with E-state index < -0.39 is 0 Å². The van der Waals surface area contributed by atoms with E-state index in [2.05, 4.69) is 25.2 Å². The van der Waals surface area contributed by atoms with Crippen molar-refractivity contribution in [3.63, 3.8) is 0 Å². The Hall–Kier alpha value is -1.22. The van der Waals surface area contributed by atoms with E-state index in [1.165, 1.54) is 23.1 Å². The molecule has 0 amide bonds. The fourth-order valence-corrected chi connectivity index (χ4v) is 2.81. The molecule has 1 fully saturated rings. The van der Waals surface area contributed by atoms with Gasteiger partial charge in [-0.15, -0.1) is 0 Å². The molecular formula is C14H19NO2. The number of nitrogens with one attached hydrogen (secondary N) is 1. The second kappa shape index (κ2) is 4.22. The molecule has 0 bridgehead atoms. The summed E-state index contributed by atoms with van der Waals surface area (Å²) in [6, 6.07) is 2.19. The molecule has 1 aromatic carbocycles. The quantitative estimate of drug-likeness (QED) is 0.806. The molecule has 1 aromatic rings. The molecule has 1 atom stereocenters. The zero-order chi connectivity index (χ0) is 11.8. The molecule has 2 aliphatic rings. The van der Waals surface area contributed by atoms with Gasteiger partial charge in [0, 0.05) is 6.54 Å². The standard InChI is InChI=1S/C14H19NO2/c1-9-10(2)14-13(16-5-6-17-14)7-12(9)11-3-4-15-8-11/h7,11,15H,3-6,8H2,1-2H3. The predicted octanol–water partition coefficient (Wildman–Crippen LogP) is 2.15. The summed E-state index contributed by atoms with van der Waals surface area (Å²) in [6.45, 7) is 7.86. The van der Waals surface area contributed by atoms with Crippen LogP contribution in [0.15, 0.2) is 6.07 Å². The Balaban J connectivity index is 2.06. The molecule has 1 N–H and O–H groups in total. The molecule has 0 saturated carbocycles. The van der Waals surface area contributed by atoms with E-state index >= 15 is 0 Å². The van der Waals surface area contributed by atoms with Crippen LogP contribution in [0.4, 0.5) is 0 Å². The molecule has 17 heavy (non-hydrogen) atoms. The summed E-state index contributed by atoms with van der Waals surface area (Å²) in [4.78, 5) is 0. The molecule has 92 valence electrons. The summed E-state index contributed by atoms with van der Waals surface area (Å²) in [5.74, 6) is 2.51. The average Bonchev–Trinajstić information content (AvgIpc) is 2.87. The lowest BCUT2D eigenvalue weighted by Crippen LogP contribution is -2.18. The molecule has 2 aliphatic heterocycles. The molecule has 0 radical (unpaired) electrons. The van der Waals surface area contributed by atoms with Crippen LogP contribution in [0.25, 0.3) is 0 Å². The van der Waals surface area contributed by atoms with E-state index in [0.717, 1.165) is 24.6 Å². The van der Waals surface area contributed by atoms with Crippen LogP contribution in [0, 0.1) is 13.8 Å².